The molecule has 0 spiro atoms. The summed E-state index contributed by atoms with van der Waals surface area (Å²) in [5, 5.41) is 30.3. The van der Waals surface area contributed by atoms with Crippen molar-refractivity contribution in [1.29, 1.82) is 0 Å². The number of aliphatic carboxylic acids is 3. The fourth-order valence-electron chi connectivity index (χ4n) is 3.87. The Morgan fingerprint density at radius 1 is 0.942 bits per heavy atom. The van der Waals surface area contributed by atoms with E-state index in [-0.39, 0.29) is 54.5 Å². The second kappa shape index (κ2) is 18.7. The normalized spacial score (nSPS) is 11.4. The molecule has 14 nitrogen and oxygen atoms in total. The average Bonchev–Trinajstić information content (AvgIpc) is 3.46. The van der Waals surface area contributed by atoms with Gasteiger partial charge in [0.05, 0.1) is 5.02 Å². The molecule has 0 bridgehead atoms. The number of carboxylic acids is 3. The third-order valence-electron chi connectivity index (χ3n) is 5.96. The summed E-state index contributed by atoms with van der Waals surface area (Å²) in [6.45, 7) is -4.74. The van der Waals surface area contributed by atoms with Crippen LogP contribution in [0.15, 0.2) is 29.1 Å². The Hall–Kier alpha value is -4.66. The first-order chi connectivity index (χ1) is 24.1. The van der Waals surface area contributed by atoms with Crippen molar-refractivity contribution in [3.05, 3.63) is 72.8 Å². The van der Waals surface area contributed by atoms with E-state index in [1.165, 1.54) is 7.05 Å². The van der Waals surface area contributed by atoms with Crippen LogP contribution in [0.3, 0.4) is 0 Å². The van der Waals surface area contributed by atoms with Crippen LogP contribution in [0.1, 0.15) is 24.9 Å². The maximum absolute atomic E-state index is 14.1. The van der Waals surface area contributed by atoms with Crippen molar-refractivity contribution < 1.29 is 65.5 Å². The molecular formula is C28H23Cl4F6N5O9. The number of ether oxygens (including phenoxy) is 2. The molecule has 52 heavy (non-hydrogen) atoms. The van der Waals surface area contributed by atoms with Gasteiger partial charge in [0.15, 0.2) is 12.4 Å². The summed E-state index contributed by atoms with van der Waals surface area (Å²) in [5.74, 6) is -6.14. The SMILES string of the molecule is CC(=O)O.Cc1nn(-c2cc(CC(Cl)C(=O)O)c(Cl)cc2F)c(=O)n1C(F)F.Cn1nc(-c2cc(OCC(=O)O)c(Cl)cc2F)c(Cl)c1OC(F)F. The van der Waals surface area contributed by atoms with Crippen molar-refractivity contribution in [2.45, 2.75) is 38.8 Å². The Labute approximate surface area is 307 Å². The Balaban J connectivity index is 0.000000327. The summed E-state index contributed by atoms with van der Waals surface area (Å²) in [4.78, 5) is 42.3. The summed E-state index contributed by atoms with van der Waals surface area (Å²) >= 11 is 23.2. The number of aryl methyl sites for hydroxylation is 2. The fourth-order valence-corrected chi connectivity index (χ4v) is 4.77. The van der Waals surface area contributed by atoms with Gasteiger partial charge in [-0.15, -0.1) is 16.7 Å². The molecule has 2 heterocycles. The van der Waals surface area contributed by atoms with Crippen molar-refractivity contribution in [2.75, 3.05) is 6.61 Å². The number of aromatic nitrogens is 5. The largest absolute Gasteiger partial charge is 0.481 e. The molecule has 0 aliphatic rings. The van der Waals surface area contributed by atoms with Gasteiger partial charge in [-0.2, -0.15) is 27.3 Å². The summed E-state index contributed by atoms with van der Waals surface area (Å²) < 4.78 is 89.3. The minimum Gasteiger partial charge on any atom is -0.481 e. The van der Waals surface area contributed by atoms with Gasteiger partial charge < -0.3 is 24.8 Å². The average molecular weight is 829 g/mol. The summed E-state index contributed by atoms with van der Waals surface area (Å²) in [5.41, 5.74) is -1.95. The van der Waals surface area contributed by atoms with Crippen LogP contribution < -0.4 is 15.2 Å². The fraction of sp³-hybridized carbons (Fsp3) is 0.286. The van der Waals surface area contributed by atoms with Crippen molar-refractivity contribution >= 4 is 64.3 Å². The number of hydrogen-bond acceptors (Lipinski definition) is 8. The highest BCUT2D eigenvalue weighted by atomic mass is 35.5. The number of halogens is 10. The molecule has 0 aliphatic heterocycles. The Bertz CT molecular complexity index is 2010. The number of alkyl halides is 5. The van der Waals surface area contributed by atoms with Crippen LogP contribution >= 0.6 is 46.4 Å². The Morgan fingerprint density at radius 2 is 1.52 bits per heavy atom. The van der Waals surface area contributed by atoms with Crippen LogP contribution in [0.4, 0.5) is 26.3 Å². The molecule has 0 fully saturated rings. The maximum atomic E-state index is 14.1. The van der Waals surface area contributed by atoms with Gasteiger partial charge in [-0.25, -0.2) is 27.6 Å². The number of hydrogen-bond donors (Lipinski definition) is 3. The first-order valence-electron chi connectivity index (χ1n) is 13.6. The standard InChI is InChI=1S/C13H10Cl2F3N3O3.C13H9Cl2F3N2O4.C2H4O2/c1-5-19-21(13(24)20(5)12(17)18)10-3-6(2-8(15)11(22)23)7(14)4-9(10)16;1-20-12(24-13(17)18)10(15)11(19-20)5-2-8(23-4-9(21)22)6(14)3-7(5)16;1-2(3)4/h3-4,8,12H,2H2,1H3,(H,22,23);2-3,13H,4H2,1H3,(H,21,22);1H3,(H,3,4). The Morgan fingerprint density at radius 3 is 2.02 bits per heavy atom. The molecule has 0 radical (unpaired) electrons. The minimum absolute atomic E-state index is 0.0926. The highest BCUT2D eigenvalue weighted by Gasteiger charge is 2.25. The van der Waals surface area contributed by atoms with Crippen LogP contribution in [-0.4, -0.2) is 76.0 Å². The first kappa shape index (κ1) is 43.5. The molecule has 1 unspecified atom stereocenters. The van der Waals surface area contributed by atoms with Gasteiger partial charge in [0, 0.05) is 31.0 Å². The molecule has 2 aromatic carbocycles. The number of rotatable bonds is 11. The van der Waals surface area contributed by atoms with E-state index in [2.05, 4.69) is 14.9 Å². The lowest BCUT2D eigenvalue weighted by Gasteiger charge is -2.10. The second-order valence-electron chi connectivity index (χ2n) is 9.73. The van der Waals surface area contributed by atoms with Gasteiger partial charge in [-0.3, -0.25) is 9.59 Å². The molecule has 0 saturated heterocycles. The van der Waals surface area contributed by atoms with Crippen LogP contribution in [0, 0.1) is 18.6 Å². The van der Waals surface area contributed by atoms with Gasteiger partial charge in [-0.05, 0) is 36.8 Å². The predicted molar refractivity (Wildman–Crippen MR) is 171 cm³/mol. The predicted octanol–water partition coefficient (Wildman–Crippen LogP) is 6.45. The van der Waals surface area contributed by atoms with Gasteiger partial charge in [-0.1, -0.05) is 34.8 Å². The molecular weight excluding hydrogens is 806 g/mol. The lowest BCUT2D eigenvalue weighted by atomic mass is 10.1. The molecule has 0 amide bonds. The van der Waals surface area contributed by atoms with Gasteiger partial charge in [0.25, 0.3) is 5.97 Å². The van der Waals surface area contributed by atoms with E-state index in [0.717, 1.165) is 42.8 Å². The smallest absolute Gasteiger partial charge is 0.388 e. The van der Waals surface area contributed by atoms with Crippen LogP contribution in [0.25, 0.3) is 16.9 Å². The van der Waals surface area contributed by atoms with E-state index >= 15 is 0 Å². The highest BCUT2D eigenvalue weighted by Crippen LogP contribution is 2.40. The molecule has 0 aliphatic carbocycles. The maximum Gasteiger partial charge on any atom is 0.388 e. The molecule has 1 atom stereocenters. The second-order valence-corrected chi connectivity index (χ2v) is 11.4. The van der Waals surface area contributed by atoms with Gasteiger partial charge >= 0.3 is 30.8 Å². The molecule has 0 saturated carbocycles. The van der Waals surface area contributed by atoms with Crippen LogP contribution in [-0.2, 0) is 27.9 Å². The van der Waals surface area contributed by atoms with E-state index in [9.17, 15) is 40.7 Å². The zero-order valence-electron chi connectivity index (χ0n) is 26.3. The summed E-state index contributed by atoms with van der Waals surface area (Å²) in [7, 11) is 1.28. The van der Waals surface area contributed by atoms with Crippen molar-refractivity contribution in [1.82, 2.24) is 24.1 Å². The quantitative estimate of drug-likeness (QED) is 0.111. The third kappa shape index (κ3) is 11.4. The summed E-state index contributed by atoms with van der Waals surface area (Å²) in [6.07, 6.45) is -0.258. The monoisotopic (exact) mass is 827 g/mol. The highest BCUT2D eigenvalue weighted by molar-refractivity contribution is 6.35. The number of nitrogens with zero attached hydrogens (tertiary/aromatic N) is 5. The van der Waals surface area contributed by atoms with Gasteiger partial charge in [0.2, 0.25) is 5.88 Å². The lowest BCUT2D eigenvalue weighted by Crippen LogP contribution is -2.25. The van der Waals surface area contributed by atoms with Crippen LogP contribution in [0.2, 0.25) is 15.1 Å². The van der Waals surface area contributed by atoms with Crippen LogP contribution in [0.5, 0.6) is 11.6 Å². The summed E-state index contributed by atoms with van der Waals surface area (Å²) in [6, 6.07) is 3.83. The molecule has 3 N–H and O–H groups in total. The van der Waals surface area contributed by atoms with Crippen molar-refractivity contribution in [3.8, 4) is 28.6 Å². The molecule has 2 aromatic heterocycles. The topological polar surface area (TPSA) is 188 Å². The zero-order valence-corrected chi connectivity index (χ0v) is 29.3. The first-order valence-corrected chi connectivity index (χ1v) is 15.2. The van der Waals surface area contributed by atoms with Crippen molar-refractivity contribution in [2.24, 2.45) is 7.05 Å². The minimum atomic E-state index is -3.14. The lowest BCUT2D eigenvalue weighted by molar-refractivity contribution is -0.139. The van der Waals surface area contributed by atoms with E-state index in [1.54, 1.807) is 0 Å². The van der Waals surface area contributed by atoms with Gasteiger partial charge in [0.1, 0.15) is 39.2 Å². The Kier molecular flexibility index (Phi) is 15.7. The number of carbonyl (C=O) groups is 3. The van der Waals surface area contributed by atoms with Crippen molar-refractivity contribution in [3.63, 3.8) is 0 Å². The van der Waals surface area contributed by atoms with E-state index in [1.807, 2.05) is 0 Å². The third-order valence-corrected chi connectivity index (χ3v) is 7.28. The van der Waals surface area contributed by atoms with E-state index in [4.69, 9.17) is 71.3 Å². The van der Waals surface area contributed by atoms with E-state index in [0.29, 0.717) is 4.68 Å². The van der Waals surface area contributed by atoms with E-state index < -0.39 is 71.9 Å². The molecule has 4 rings (SSSR count). The molecule has 24 heteroatoms. The number of carboxylic acid groups (broad SMARTS) is 3. The zero-order chi connectivity index (χ0) is 39.8. The number of benzene rings is 2. The molecule has 284 valence electrons. The molecule has 4 aromatic rings.